The van der Waals surface area contributed by atoms with Gasteiger partial charge in [-0.2, -0.15) is 0 Å². The van der Waals surface area contributed by atoms with E-state index < -0.39 is 0 Å². The fourth-order valence-corrected chi connectivity index (χ4v) is 0.928. The summed E-state index contributed by atoms with van der Waals surface area (Å²) in [6, 6.07) is 0. The lowest BCUT2D eigenvalue weighted by Crippen LogP contribution is -2.23. The lowest BCUT2D eigenvalue weighted by Gasteiger charge is -2.11. The lowest BCUT2D eigenvalue weighted by molar-refractivity contribution is -0.131. The number of Topliss-reactive ketones (excluding diaryl/α,β-unsaturated/α-hetero) is 1. The van der Waals surface area contributed by atoms with E-state index in [0.29, 0.717) is 12.8 Å². The predicted molar refractivity (Wildman–Crippen MR) is 52.4 cm³/mol. The van der Waals surface area contributed by atoms with Crippen LogP contribution in [0.5, 0.6) is 0 Å². The zero-order valence-corrected chi connectivity index (χ0v) is 8.96. The third kappa shape index (κ3) is 4.65. The van der Waals surface area contributed by atoms with E-state index in [1.54, 1.807) is 14.1 Å². The highest BCUT2D eigenvalue weighted by Crippen LogP contribution is 2.07. The van der Waals surface area contributed by atoms with Gasteiger partial charge in [-0.05, 0) is 6.42 Å². The molecule has 0 N–H and O–H groups in total. The molecule has 76 valence electrons. The van der Waals surface area contributed by atoms with Gasteiger partial charge < -0.3 is 4.90 Å². The van der Waals surface area contributed by atoms with Crippen LogP contribution in [0.4, 0.5) is 0 Å². The van der Waals surface area contributed by atoms with Crippen molar-refractivity contribution < 1.29 is 9.59 Å². The third-order valence-corrected chi connectivity index (χ3v) is 2.25. The minimum atomic E-state index is 0.0247. The van der Waals surface area contributed by atoms with Crippen LogP contribution < -0.4 is 0 Å². The summed E-state index contributed by atoms with van der Waals surface area (Å²) in [4.78, 5) is 24.0. The van der Waals surface area contributed by atoms with Gasteiger partial charge >= 0.3 is 0 Å². The van der Waals surface area contributed by atoms with E-state index in [9.17, 15) is 9.59 Å². The van der Waals surface area contributed by atoms with Crippen molar-refractivity contribution >= 4 is 11.7 Å². The minimum absolute atomic E-state index is 0.0247. The van der Waals surface area contributed by atoms with Crippen molar-refractivity contribution in [2.24, 2.45) is 5.92 Å². The molecule has 0 radical (unpaired) electrons. The zero-order chi connectivity index (χ0) is 10.4. The van der Waals surface area contributed by atoms with Gasteiger partial charge in [-0.1, -0.05) is 13.8 Å². The number of ketones is 1. The molecule has 1 unspecified atom stereocenters. The quantitative estimate of drug-likeness (QED) is 0.650. The maximum Gasteiger partial charge on any atom is 0.222 e. The molecular weight excluding hydrogens is 166 g/mol. The number of amides is 1. The Kier molecular flexibility index (Phi) is 5.35. The Labute approximate surface area is 80.1 Å². The second-order valence-corrected chi connectivity index (χ2v) is 3.56. The van der Waals surface area contributed by atoms with Crippen LogP contribution in [0, 0.1) is 5.92 Å². The monoisotopic (exact) mass is 185 g/mol. The molecule has 0 aliphatic heterocycles. The van der Waals surface area contributed by atoms with Crippen molar-refractivity contribution in [2.45, 2.75) is 33.1 Å². The largest absolute Gasteiger partial charge is 0.349 e. The van der Waals surface area contributed by atoms with Crippen LogP contribution in [0.2, 0.25) is 0 Å². The molecule has 0 aliphatic rings. The van der Waals surface area contributed by atoms with E-state index in [4.69, 9.17) is 0 Å². The van der Waals surface area contributed by atoms with Gasteiger partial charge in [0, 0.05) is 32.9 Å². The number of hydrogen-bond donors (Lipinski definition) is 0. The van der Waals surface area contributed by atoms with Crippen molar-refractivity contribution in [1.82, 2.24) is 4.90 Å². The smallest absolute Gasteiger partial charge is 0.222 e. The maximum atomic E-state index is 11.3. The normalized spacial score (nSPS) is 12.3. The van der Waals surface area contributed by atoms with Gasteiger partial charge in [0.25, 0.3) is 0 Å². The zero-order valence-electron chi connectivity index (χ0n) is 8.96. The molecule has 3 heteroatoms. The highest BCUT2D eigenvalue weighted by molar-refractivity contribution is 5.85. The van der Waals surface area contributed by atoms with E-state index in [1.165, 1.54) is 4.90 Å². The average molecular weight is 185 g/mol. The van der Waals surface area contributed by atoms with Crippen molar-refractivity contribution in [1.29, 1.82) is 0 Å². The van der Waals surface area contributed by atoms with Crippen molar-refractivity contribution in [2.75, 3.05) is 14.1 Å². The van der Waals surface area contributed by atoms with Crippen molar-refractivity contribution in [3.8, 4) is 0 Å². The standard InChI is InChI=1S/C10H19NO2/c1-5-8(2)9(12)6-7-10(13)11(3)4/h8H,5-7H2,1-4H3. The first kappa shape index (κ1) is 12.1. The number of hydrogen-bond acceptors (Lipinski definition) is 2. The summed E-state index contributed by atoms with van der Waals surface area (Å²) < 4.78 is 0. The van der Waals surface area contributed by atoms with Crippen LogP contribution in [0.25, 0.3) is 0 Å². The van der Waals surface area contributed by atoms with Crippen molar-refractivity contribution in [3.05, 3.63) is 0 Å². The molecule has 0 fully saturated rings. The summed E-state index contributed by atoms with van der Waals surface area (Å²) in [5.41, 5.74) is 0. The van der Waals surface area contributed by atoms with Gasteiger partial charge in [-0.3, -0.25) is 9.59 Å². The number of carbonyl (C=O) groups excluding carboxylic acids is 2. The van der Waals surface area contributed by atoms with Gasteiger partial charge in [-0.15, -0.1) is 0 Å². The number of nitrogens with zero attached hydrogens (tertiary/aromatic N) is 1. The van der Waals surface area contributed by atoms with E-state index in [0.717, 1.165) is 6.42 Å². The SMILES string of the molecule is CCC(C)C(=O)CCC(=O)N(C)C. The van der Waals surface area contributed by atoms with Gasteiger partial charge in [0.05, 0.1) is 0 Å². The molecule has 3 nitrogen and oxygen atoms in total. The Morgan fingerprint density at radius 1 is 1.23 bits per heavy atom. The van der Waals surface area contributed by atoms with Crippen LogP contribution in [0.1, 0.15) is 33.1 Å². The second kappa shape index (κ2) is 5.73. The van der Waals surface area contributed by atoms with Gasteiger partial charge in [0.2, 0.25) is 5.91 Å². The third-order valence-electron chi connectivity index (χ3n) is 2.25. The van der Waals surface area contributed by atoms with Gasteiger partial charge in [0.1, 0.15) is 5.78 Å². The molecule has 1 amide bonds. The first-order valence-corrected chi connectivity index (χ1v) is 4.71. The van der Waals surface area contributed by atoms with Crippen LogP contribution in [0.3, 0.4) is 0 Å². The molecule has 1 atom stereocenters. The average Bonchev–Trinajstić information content (AvgIpc) is 2.11. The predicted octanol–water partition coefficient (Wildman–Crippen LogP) is 1.47. The molecule has 0 aliphatic carbocycles. The summed E-state index contributed by atoms with van der Waals surface area (Å²) in [6.07, 6.45) is 1.58. The highest BCUT2D eigenvalue weighted by atomic mass is 16.2. The molecule has 0 bridgehead atoms. The fraction of sp³-hybridized carbons (Fsp3) is 0.800. The highest BCUT2D eigenvalue weighted by Gasteiger charge is 2.13. The first-order chi connectivity index (χ1) is 5.99. The molecule has 0 heterocycles. The van der Waals surface area contributed by atoms with Gasteiger partial charge in [0.15, 0.2) is 0 Å². The van der Waals surface area contributed by atoms with Crippen molar-refractivity contribution in [3.63, 3.8) is 0 Å². The first-order valence-electron chi connectivity index (χ1n) is 4.71. The Balaban J connectivity index is 3.77. The van der Waals surface area contributed by atoms with E-state index in [2.05, 4.69) is 0 Å². The Hall–Kier alpha value is -0.860. The Bertz CT molecular complexity index is 187. The van der Waals surface area contributed by atoms with Crippen LogP contribution in [0.15, 0.2) is 0 Å². The molecule has 0 spiro atoms. The minimum Gasteiger partial charge on any atom is -0.349 e. The summed E-state index contributed by atoms with van der Waals surface area (Å²) in [5.74, 6) is 0.310. The molecule has 13 heavy (non-hydrogen) atoms. The van der Waals surface area contributed by atoms with E-state index in [-0.39, 0.29) is 17.6 Å². The summed E-state index contributed by atoms with van der Waals surface area (Å²) in [7, 11) is 3.41. The molecule has 0 aromatic heterocycles. The number of rotatable bonds is 5. The van der Waals surface area contributed by atoms with Crippen LogP contribution in [-0.4, -0.2) is 30.7 Å². The van der Waals surface area contributed by atoms with Crippen LogP contribution in [-0.2, 0) is 9.59 Å². The van der Waals surface area contributed by atoms with E-state index in [1.807, 2.05) is 13.8 Å². The lowest BCUT2D eigenvalue weighted by atomic mass is 10.00. The summed E-state index contributed by atoms with van der Waals surface area (Å²) in [5, 5.41) is 0. The number of carbonyl (C=O) groups is 2. The molecule has 0 aromatic rings. The molecule has 0 saturated carbocycles. The second-order valence-electron chi connectivity index (χ2n) is 3.56. The fourth-order valence-electron chi connectivity index (χ4n) is 0.928. The van der Waals surface area contributed by atoms with Gasteiger partial charge in [-0.25, -0.2) is 0 Å². The maximum absolute atomic E-state index is 11.3. The van der Waals surface area contributed by atoms with Crippen LogP contribution >= 0.6 is 0 Å². The Morgan fingerprint density at radius 3 is 2.15 bits per heavy atom. The molecule has 0 rings (SSSR count). The summed E-state index contributed by atoms with van der Waals surface area (Å²) in [6.45, 7) is 3.89. The molecule has 0 saturated heterocycles. The van der Waals surface area contributed by atoms with E-state index >= 15 is 0 Å². The molecule has 0 aromatic carbocycles. The summed E-state index contributed by atoms with van der Waals surface area (Å²) >= 11 is 0. The Morgan fingerprint density at radius 2 is 1.77 bits per heavy atom. The topological polar surface area (TPSA) is 37.4 Å². The molecular formula is C10H19NO2.